The van der Waals surface area contributed by atoms with Crippen molar-refractivity contribution in [2.75, 3.05) is 0 Å². The summed E-state index contributed by atoms with van der Waals surface area (Å²) in [5.74, 6) is -0.718. The number of aryl methyl sites for hydroxylation is 1. The highest BCUT2D eigenvalue weighted by Gasteiger charge is 2.48. The van der Waals surface area contributed by atoms with Crippen LogP contribution in [0.5, 0.6) is 0 Å². The lowest BCUT2D eigenvalue weighted by Gasteiger charge is -2.18. The fourth-order valence-electron chi connectivity index (χ4n) is 1.40. The molecule has 0 spiro atoms. The number of halogens is 4. The van der Waals surface area contributed by atoms with Gasteiger partial charge in [-0.3, -0.25) is 0 Å². The van der Waals surface area contributed by atoms with Crippen LogP contribution in [0.2, 0.25) is 0 Å². The SMILES string of the molecule is Cc1cc(C(C(F)(F)F)S(N)(=O)=O)ccc1F. The molecule has 0 heterocycles. The summed E-state index contributed by atoms with van der Waals surface area (Å²) in [5.41, 5.74) is -0.681. The monoisotopic (exact) mass is 271 g/mol. The number of hydrogen-bond donors (Lipinski definition) is 1. The summed E-state index contributed by atoms with van der Waals surface area (Å²) in [4.78, 5) is 0. The quantitative estimate of drug-likeness (QED) is 0.836. The Bertz CT molecular complexity index is 524. The first kappa shape index (κ1) is 13.9. The Hall–Kier alpha value is -1.15. The molecule has 0 saturated carbocycles. The molecule has 0 bridgehead atoms. The number of benzene rings is 1. The molecule has 0 aliphatic carbocycles. The van der Waals surface area contributed by atoms with Crippen LogP contribution in [0, 0.1) is 12.7 Å². The third kappa shape index (κ3) is 3.16. The fourth-order valence-corrected chi connectivity index (χ4v) is 2.29. The highest BCUT2D eigenvalue weighted by molar-refractivity contribution is 7.89. The first-order valence-corrected chi connectivity index (χ1v) is 5.99. The first-order valence-electron chi connectivity index (χ1n) is 4.38. The lowest BCUT2D eigenvalue weighted by atomic mass is 10.1. The van der Waals surface area contributed by atoms with E-state index < -0.39 is 32.8 Å². The molecule has 0 amide bonds. The Morgan fingerprint density at radius 2 is 1.82 bits per heavy atom. The van der Waals surface area contributed by atoms with Crippen molar-refractivity contribution in [3.8, 4) is 0 Å². The second-order valence-corrected chi connectivity index (χ2v) is 5.17. The number of alkyl halides is 3. The molecule has 1 aromatic rings. The molecule has 0 aromatic heterocycles. The van der Waals surface area contributed by atoms with Gasteiger partial charge >= 0.3 is 6.18 Å². The highest BCUT2D eigenvalue weighted by atomic mass is 32.2. The Morgan fingerprint density at radius 3 is 2.18 bits per heavy atom. The van der Waals surface area contributed by atoms with E-state index in [1.807, 2.05) is 0 Å². The smallest absolute Gasteiger partial charge is 0.228 e. The lowest BCUT2D eigenvalue weighted by molar-refractivity contribution is -0.131. The molecule has 1 aromatic carbocycles. The van der Waals surface area contributed by atoms with Crippen LogP contribution in [0.25, 0.3) is 0 Å². The van der Waals surface area contributed by atoms with Gasteiger partial charge in [0.2, 0.25) is 10.0 Å². The predicted molar refractivity (Wildman–Crippen MR) is 53.0 cm³/mol. The van der Waals surface area contributed by atoms with Gasteiger partial charge in [0.25, 0.3) is 0 Å². The molecule has 8 heteroatoms. The molecule has 1 unspecified atom stereocenters. The third-order valence-electron chi connectivity index (χ3n) is 2.11. The summed E-state index contributed by atoms with van der Waals surface area (Å²) in [6, 6.07) is 2.34. The number of nitrogens with two attached hydrogens (primary N) is 1. The summed E-state index contributed by atoms with van der Waals surface area (Å²) < 4.78 is 72.5. The first-order chi connectivity index (χ1) is 7.53. The van der Waals surface area contributed by atoms with E-state index in [-0.39, 0.29) is 5.56 Å². The number of primary sulfonamides is 1. The maximum Gasteiger partial charge on any atom is 0.410 e. The van der Waals surface area contributed by atoms with Crippen LogP contribution in [0.15, 0.2) is 18.2 Å². The van der Waals surface area contributed by atoms with Crippen molar-refractivity contribution in [3.05, 3.63) is 35.1 Å². The van der Waals surface area contributed by atoms with Crippen LogP contribution in [-0.2, 0) is 10.0 Å². The van der Waals surface area contributed by atoms with Crippen molar-refractivity contribution in [1.29, 1.82) is 0 Å². The van der Waals surface area contributed by atoms with Crippen molar-refractivity contribution in [2.45, 2.75) is 18.3 Å². The van der Waals surface area contributed by atoms with Gasteiger partial charge in [-0.05, 0) is 24.1 Å². The summed E-state index contributed by atoms with van der Waals surface area (Å²) >= 11 is 0. The number of rotatable bonds is 2. The van der Waals surface area contributed by atoms with E-state index in [0.29, 0.717) is 0 Å². The average molecular weight is 271 g/mol. The standard InChI is InChI=1S/C9H9F4NO2S/c1-5-4-6(2-3-7(5)10)8(9(11,12)13)17(14,15)16/h2-4,8H,1H3,(H2,14,15,16). The van der Waals surface area contributed by atoms with Gasteiger partial charge in [0.05, 0.1) is 0 Å². The molecule has 0 saturated heterocycles. The normalized spacial score (nSPS) is 14.7. The zero-order valence-corrected chi connectivity index (χ0v) is 9.44. The molecular formula is C9H9F4NO2S. The van der Waals surface area contributed by atoms with E-state index >= 15 is 0 Å². The van der Waals surface area contributed by atoms with E-state index in [4.69, 9.17) is 0 Å². The zero-order valence-electron chi connectivity index (χ0n) is 8.62. The zero-order chi connectivity index (χ0) is 13.4. The lowest BCUT2D eigenvalue weighted by Crippen LogP contribution is -2.33. The maximum absolute atomic E-state index is 12.9. The molecule has 17 heavy (non-hydrogen) atoms. The van der Waals surface area contributed by atoms with Gasteiger partial charge in [-0.2, -0.15) is 13.2 Å². The van der Waals surface area contributed by atoms with Crippen molar-refractivity contribution in [2.24, 2.45) is 5.14 Å². The fraction of sp³-hybridized carbons (Fsp3) is 0.333. The van der Waals surface area contributed by atoms with Gasteiger partial charge < -0.3 is 0 Å². The van der Waals surface area contributed by atoms with Gasteiger partial charge in [-0.15, -0.1) is 0 Å². The largest absolute Gasteiger partial charge is 0.410 e. The Morgan fingerprint density at radius 1 is 1.29 bits per heavy atom. The van der Waals surface area contributed by atoms with Crippen LogP contribution in [0.4, 0.5) is 17.6 Å². The van der Waals surface area contributed by atoms with Gasteiger partial charge in [-0.25, -0.2) is 17.9 Å². The van der Waals surface area contributed by atoms with Gasteiger partial charge in [0.15, 0.2) is 5.25 Å². The van der Waals surface area contributed by atoms with Crippen molar-refractivity contribution in [1.82, 2.24) is 0 Å². The van der Waals surface area contributed by atoms with E-state index in [2.05, 4.69) is 5.14 Å². The molecular weight excluding hydrogens is 262 g/mol. The minimum atomic E-state index is -5.04. The van der Waals surface area contributed by atoms with Crippen molar-refractivity contribution in [3.63, 3.8) is 0 Å². The summed E-state index contributed by atoms with van der Waals surface area (Å²) in [7, 11) is -4.85. The second-order valence-electron chi connectivity index (χ2n) is 3.52. The van der Waals surface area contributed by atoms with Crippen LogP contribution < -0.4 is 5.14 Å². The van der Waals surface area contributed by atoms with Gasteiger partial charge in [0.1, 0.15) is 5.82 Å². The molecule has 0 aliphatic rings. The summed E-state index contributed by atoms with van der Waals surface area (Å²) in [6.07, 6.45) is -5.04. The topological polar surface area (TPSA) is 60.2 Å². The van der Waals surface area contributed by atoms with Gasteiger partial charge in [-0.1, -0.05) is 12.1 Å². The van der Waals surface area contributed by atoms with Crippen molar-refractivity contribution >= 4 is 10.0 Å². The van der Waals surface area contributed by atoms with Gasteiger partial charge in [0, 0.05) is 0 Å². The van der Waals surface area contributed by atoms with Crippen molar-refractivity contribution < 1.29 is 26.0 Å². The molecule has 96 valence electrons. The summed E-state index contributed by atoms with van der Waals surface area (Å²) in [6.45, 7) is 1.23. The predicted octanol–water partition coefficient (Wildman–Crippen LogP) is 2.03. The molecule has 0 aliphatic heterocycles. The molecule has 1 atom stereocenters. The highest BCUT2D eigenvalue weighted by Crippen LogP contribution is 2.38. The van der Waals surface area contributed by atoms with E-state index in [9.17, 15) is 26.0 Å². The molecule has 3 nitrogen and oxygen atoms in total. The van der Waals surface area contributed by atoms with Crippen LogP contribution in [0.3, 0.4) is 0 Å². The minimum absolute atomic E-state index is 0.0830. The van der Waals surface area contributed by atoms with Crippen LogP contribution in [0.1, 0.15) is 16.4 Å². The van der Waals surface area contributed by atoms with E-state index in [0.717, 1.165) is 18.2 Å². The van der Waals surface area contributed by atoms with E-state index in [1.54, 1.807) is 0 Å². The second kappa shape index (κ2) is 4.26. The molecule has 0 radical (unpaired) electrons. The number of hydrogen-bond acceptors (Lipinski definition) is 2. The third-order valence-corrected chi connectivity index (χ3v) is 3.31. The Kier molecular flexibility index (Phi) is 3.49. The minimum Gasteiger partial charge on any atom is -0.228 e. The Labute approximate surface area is 95.3 Å². The summed E-state index contributed by atoms with van der Waals surface area (Å²) in [5, 5.41) is 1.71. The van der Waals surface area contributed by atoms with Crippen LogP contribution in [-0.4, -0.2) is 14.6 Å². The molecule has 0 fully saturated rings. The number of sulfonamides is 1. The molecule has 1 rings (SSSR count). The van der Waals surface area contributed by atoms with E-state index in [1.165, 1.54) is 6.92 Å². The Balaban J connectivity index is 3.39. The van der Waals surface area contributed by atoms with Crippen LogP contribution >= 0.6 is 0 Å². The maximum atomic E-state index is 12.9. The average Bonchev–Trinajstić information content (AvgIpc) is 2.06. The molecule has 2 N–H and O–H groups in total.